The van der Waals surface area contributed by atoms with Crippen LogP contribution in [0.5, 0.6) is 0 Å². The third kappa shape index (κ3) is 3.39. The first-order chi connectivity index (χ1) is 15.1. The van der Waals surface area contributed by atoms with E-state index < -0.39 is 51.9 Å². The zero-order valence-corrected chi connectivity index (χ0v) is 18.1. The van der Waals surface area contributed by atoms with Gasteiger partial charge in [-0.1, -0.05) is 6.07 Å². The van der Waals surface area contributed by atoms with Crippen LogP contribution in [0.15, 0.2) is 41.5 Å². The predicted molar refractivity (Wildman–Crippen MR) is 113 cm³/mol. The Morgan fingerprint density at radius 1 is 1.38 bits per heavy atom. The Morgan fingerprint density at radius 3 is 2.78 bits per heavy atom. The zero-order chi connectivity index (χ0) is 23.3. The fourth-order valence-corrected chi connectivity index (χ4v) is 5.89. The van der Waals surface area contributed by atoms with Crippen molar-refractivity contribution in [1.82, 2.24) is 9.29 Å². The van der Waals surface area contributed by atoms with E-state index in [4.69, 9.17) is 10.5 Å². The molecule has 0 spiro atoms. The Balaban J connectivity index is 1.78. The molecule has 3 atom stereocenters. The first-order valence-corrected chi connectivity index (χ1v) is 11.1. The average molecular weight is 465 g/mol. The van der Waals surface area contributed by atoms with Crippen molar-refractivity contribution in [3.05, 3.63) is 59.2 Å². The molecule has 1 aromatic carbocycles. The number of aromatic nitrogens is 1. The van der Waals surface area contributed by atoms with E-state index in [9.17, 15) is 17.6 Å². The third-order valence-electron chi connectivity index (χ3n) is 5.65. The summed E-state index contributed by atoms with van der Waals surface area (Å²) in [7, 11) is -3.02. The number of fused-ring (bicyclic) bond motifs is 1. The van der Waals surface area contributed by atoms with Gasteiger partial charge in [0, 0.05) is 24.5 Å². The van der Waals surface area contributed by atoms with Crippen LogP contribution >= 0.6 is 0 Å². The average Bonchev–Trinajstić information content (AvgIpc) is 3.14. The number of guanidine groups is 1. The molecular formula is C20H21F2N5O4S. The molecule has 2 aliphatic rings. The number of aryl methyl sites for hydroxylation is 1. The molecule has 0 bridgehead atoms. The van der Waals surface area contributed by atoms with E-state index in [0.717, 1.165) is 15.9 Å². The summed E-state index contributed by atoms with van der Waals surface area (Å²) in [4.78, 5) is 20.8. The largest absolute Gasteiger partial charge is 0.371 e. The highest BCUT2D eigenvalue weighted by Crippen LogP contribution is 2.46. The second kappa shape index (κ2) is 7.78. The molecule has 1 saturated heterocycles. The molecule has 3 heterocycles. The molecule has 170 valence electrons. The van der Waals surface area contributed by atoms with Gasteiger partial charge in [-0.15, -0.1) is 0 Å². The number of anilines is 1. The number of amides is 1. The molecular weight excluding hydrogens is 444 g/mol. The Labute approximate surface area is 183 Å². The minimum Gasteiger partial charge on any atom is -0.371 e. The lowest BCUT2D eigenvalue weighted by Gasteiger charge is -2.39. The Kier molecular flexibility index (Phi) is 5.37. The molecule has 32 heavy (non-hydrogen) atoms. The SMILES string of the molecule is Cc1ccc(C(=O)Nc2ccc(F)c([C@]34CO[C@@H](CF)[C@H]3S(=O)(=O)N(C)C(N)=N4)c2)nc1. The molecule has 0 unspecified atom stereocenters. The van der Waals surface area contributed by atoms with E-state index in [1.807, 2.05) is 6.92 Å². The van der Waals surface area contributed by atoms with Gasteiger partial charge in [-0.25, -0.2) is 26.5 Å². The van der Waals surface area contributed by atoms with E-state index >= 15 is 4.39 Å². The summed E-state index contributed by atoms with van der Waals surface area (Å²) in [6.45, 7) is 0.326. The molecule has 2 aromatic rings. The van der Waals surface area contributed by atoms with Gasteiger partial charge in [-0.3, -0.25) is 9.78 Å². The molecule has 9 nitrogen and oxygen atoms in total. The van der Waals surface area contributed by atoms with E-state index in [-0.39, 0.29) is 22.9 Å². The summed E-state index contributed by atoms with van der Waals surface area (Å²) < 4.78 is 60.9. The summed E-state index contributed by atoms with van der Waals surface area (Å²) in [5, 5.41) is 1.07. The number of nitrogens with one attached hydrogen (secondary N) is 1. The summed E-state index contributed by atoms with van der Waals surface area (Å²) in [5.41, 5.74) is 5.04. The molecule has 3 N–H and O–H groups in total. The quantitative estimate of drug-likeness (QED) is 0.701. The van der Waals surface area contributed by atoms with Crippen molar-refractivity contribution in [1.29, 1.82) is 0 Å². The topological polar surface area (TPSA) is 127 Å². The molecule has 1 amide bonds. The van der Waals surface area contributed by atoms with E-state index in [1.165, 1.54) is 31.4 Å². The molecule has 12 heteroatoms. The lowest BCUT2D eigenvalue weighted by atomic mass is 9.86. The second-order valence-corrected chi connectivity index (χ2v) is 9.79. The Morgan fingerprint density at radius 2 is 2.12 bits per heavy atom. The standard InChI is InChI=1S/C20H21F2N5O4S/c1-11-3-6-15(24-9-11)18(28)25-12-4-5-14(22)13(7-12)20-10-31-16(8-21)17(20)32(29,30)27(2)19(23)26-20/h3-7,9,16-17H,8,10H2,1-2H3,(H2,23,26)(H,25,28)/t16-,17+,20+/m0/s1. The normalized spacial score (nSPS) is 26.4. The van der Waals surface area contributed by atoms with Crippen LogP contribution in [0.2, 0.25) is 0 Å². The number of carbonyl (C=O) groups is 1. The summed E-state index contributed by atoms with van der Waals surface area (Å²) in [6, 6.07) is 6.90. The van der Waals surface area contributed by atoms with Gasteiger partial charge in [0.25, 0.3) is 5.91 Å². The lowest BCUT2D eigenvalue weighted by Crippen LogP contribution is -2.59. The number of ether oxygens (including phenoxy) is 1. The number of aliphatic imine (C=N–C) groups is 1. The number of carbonyl (C=O) groups excluding carboxylic acids is 1. The number of hydrogen-bond donors (Lipinski definition) is 2. The van der Waals surface area contributed by atoms with Crippen LogP contribution in [-0.2, 0) is 20.3 Å². The second-order valence-electron chi connectivity index (χ2n) is 7.70. The maximum atomic E-state index is 15.0. The van der Waals surface area contributed by atoms with Gasteiger partial charge in [0.15, 0.2) is 0 Å². The van der Waals surface area contributed by atoms with Gasteiger partial charge in [0.2, 0.25) is 16.0 Å². The van der Waals surface area contributed by atoms with Gasteiger partial charge < -0.3 is 15.8 Å². The highest BCUT2D eigenvalue weighted by molar-refractivity contribution is 7.90. The van der Waals surface area contributed by atoms with Crippen LogP contribution < -0.4 is 11.1 Å². The van der Waals surface area contributed by atoms with Gasteiger partial charge in [-0.05, 0) is 36.8 Å². The van der Waals surface area contributed by atoms with Crippen LogP contribution in [0.4, 0.5) is 14.5 Å². The number of sulfonamides is 1. The lowest BCUT2D eigenvalue weighted by molar-refractivity contribution is 0.0847. The number of nitrogens with zero attached hydrogens (tertiary/aromatic N) is 3. The number of pyridine rings is 1. The maximum Gasteiger partial charge on any atom is 0.274 e. The van der Waals surface area contributed by atoms with Crippen molar-refractivity contribution in [2.75, 3.05) is 25.6 Å². The summed E-state index contributed by atoms with van der Waals surface area (Å²) in [5.74, 6) is -1.71. The smallest absolute Gasteiger partial charge is 0.274 e. The minimum atomic E-state index is -4.21. The molecule has 0 aliphatic carbocycles. The number of rotatable bonds is 4. The van der Waals surface area contributed by atoms with Gasteiger partial charge in [-0.2, -0.15) is 0 Å². The van der Waals surface area contributed by atoms with Crippen molar-refractivity contribution in [2.45, 2.75) is 23.8 Å². The van der Waals surface area contributed by atoms with Crippen molar-refractivity contribution >= 4 is 27.6 Å². The maximum absolute atomic E-state index is 15.0. The number of hydrogen-bond acceptors (Lipinski definition) is 7. The van der Waals surface area contributed by atoms with Crippen LogP contribution in [0, 0.1) is 12.7 Å². The number of nitrogens with two attached hydrogens (primary N) is 1. The fourth-order valence-electron chi connectivity index (χ4n) is 3.97. The van der Waals surface area contributed by atoms with Crippen LogP contribution in [0.3, 0.4) is 0 Å². The van der Waals surface area contributed by atoms with Gasteiger partial charge in [0.05, 0.1) is 6.61 Å². The first-order valence-electron chi connectivity index (χ1n) is 9.65. The van der Waals surface area contributed by atoms with Crippen molar-refractivity contribution in [3.63, 3.8) is 0 Å². The third-order valence-corrected chi connectivity index (χ3v) is 7.94. The van der Waals surface area contributed by atoms with Crippen molar-refractivity contribution in [3.8, 4) is 0 Å². The van der Waals surface area contributed by atoms with E-state index in [0.29, 0.717) is 0 Å². The Hall–Kier alpha value is -3.12. The van der Waals surface area contributed by atoms with Gasteiger partial charge in [0.1, 0.15) is 35.1 Å². The first kappa shape index (κ1) is 22.1. The number of benzene rings is 1. The highest BCUT2D eigenvalue weighted by atomic mass is 32.2. The fraction of sp³-hybridized carbons (Fsp3) is 0.350. The molecule has 2 aliphatic heterocycles. The molecule has 4 rings (SSSR count). The van der Waals surface area contributed by atoms with Crippen molar-refractivity contribution < 1.29 is 26.7 Å². The minimum absolute atomic E-state index is 0.142. The van der Waals surface area contributed by atoms with Crippen LogP contribution in [-0.4, -0.2) is 61.3 Å². The monoisotopic (exact) mass is 465 g/mol. The highest BCUT2D eigenvalue weighted by Gasteiger charge is 2.62. The predicted octanol–water partition coefficient (Wildman–Crippen LogP) is 1.30. The van der Waals surface area contributed by atoms with Crippen molar-refractivity contribution in [2.24, 2.45) is 10.7 Å². The molecule has 0 saturated carbocycles. The summed E-state index contributed by atoms with van der Waals surface area (Å²) >= 11 is 0. The number of halogens is 2. The molecule has 1 aromatic heterocycles. The van der Waals surface area contributed by atoms with E-state index in [2.05, 4.69) is 15.3 Å². The molecule has 1 fully saturated rings. The molecule has 0 radical (unpaired) electrons. The number of alkyl halides is 1. The Bertz CT molecular complexity index is 1200. The van der Waals surface area contributed by atoms with E-state index in [1.54, 1.807) is 6.07 Å². The van der Waals surface area contributed by atoms with Gasteiger partial charge >= 0.3 is 0 Å². The van der Waals surface area contributed by atoms with Crippen LogP contribution in [0.25, 0.3) is 0 Å². The van der Waals surface area contributed by atoms with Crippen LogP contribution in [0.1, 0.15) is 21.6 Å². The zero-order valence-electron chi connectivity index (χ0n) is 17.2. The summed E-state index contributed by atoms with van der Waals surface area (Å²) in [6.07, 6.45) is 0.177.